The maximum Gasteiger partial charge on any atom is 0.146 e. The molecule has 1 aromatic heterocycles. The van der Waals surface area contributed by atoms with E-state index in [1.165, 1.54) is 12.8 Å². The Balaban J connectivity index is 1.81. The lowest BCUT2D eigenvalue weighted by atomic mass is 10.2. The van der Waals surface area contributed by atoms with E-state index in [2.05, 4.69) is 21.5 Å². The van der Waals surface area contributed by atoms with Crippen molar-refractivity contribution in [3.05, 3.63) is 42.0 Å². The molecule has 90 valence electrons. The molecule has 1 aliphatic rings. The molecular formula is C13H13N5. The number of nitrogens with zero attached hydrogens (tertiary/aromatic N) is 4. The predicted octanol–water partition coefficient (Wildman–Crippen LogP) is 1.39. The lowest BCUT2D eigenvalue weighted by molar-refractivity contribution is 0.638. The van der Waals surface area contributed by atoms with Gasteiger partial charge in [0.05, 0.1) is 23.9 Å². The summed E-state index contributed by atoms with van der Waals surface area (Å²) in [5.41, 5.74) is 1.58. The summed E-state index contributed by atoms with van der Waals surface area (Å²) < 4.78 is 1.80. The number of hydrogen-bond acceptors (Lipinski definition) is 4. The monoisotopic (exact) mass is 239 g/mol. The van der Waals surface area contributed by atoms with Gasteiger partial charge in [0.2, 0.25) is 0 Å². The van der Waals surface area contributed by atoms with Crippen LogP contribution in [0.4, 0.5) is 0 Å². The molecule has 0 atom stereocenters. The second-order valence-electron chi connectivity index (χ2n) is 4.40. The molecule has 5 nitrogen and oxygen atoms in total. The van der Waals surface area contributed by atoms with Crippen molar-refractivity contribution in [3.63, 3.8) is 0 Å². The number of rotatable bonds is 4. The van der Waals surface area contributed by atoms with Crippen LogP contribution in [0.2, 0.25) is 0 Å². The van der Waals surface area contributed by atoms with Gasteiger partial charge in [0.1, 0.15) is 12.2 Å². The van der Waals surface area contributed by atoms with Gasteiger partial charge in [-0.15, -0.1) is 0 Å². The fraction of sp³-hybridized carbons (Fsp3) is 0.308. The molecule has 1 heterocycles. The quantitative estimate of drug-likeness (QED) is 0.875. The number of nitrogens with one attached hydrogen (secondary N) is 1. The van der Waals surface area contributed by atoms with Crippen molar-refractivity contribution >= 4 is 0 Å². The van der Waals surface area contributed by atoms with Gasteiger partial charge in [-0.05, 0) is 37.1 Å². The Kier molecular flexibility index (Phi) is 2.79. The number of nitriles is 1. The molecule has 1 N–H and O–H groups in total. The van der Waals surface area contributed by atoms with Gasteiger partial charge in [-0.3, -0.25) is 0 Å². The molecule has 1 aromatic carbocycles. The van der Waals surface area contributed by atoms with E-state index in [0.717, 1.165) is 18.1 Å². The van der Waals surface area contributed by atoms with Crippen molar-refractivity contribution < 1.29 is 0 Å². The maximum atomic E-state index is 8.77. The summed E-state index contributed by atoms with van der Waals surface area (Å²) in [6.07, 6.45) is 4.07. The highest BCUT2D eigenvalue weighted by Crippen LogP contribution is 2.19. The minimum absolute atomic E-state index is 0.649. The summed E-state index contributed by atoms with van der Waals surface area (Å²) in [7, 11) is 0. The Labute approximate surface area is 105 Å². The molecule has 0 unspecified atom stereocenters. The Morgan fingerprint density at radius 2 is 2.11 bits per heavy atom. The van der Waals surface area contributed by atoms with E-state index in [1.807, 2.05) is 12.1 Å². The van der Waals surface area contributed by atoms with Crippen molar-refractivity contribution in [1.82, 2.24) is 20.1 Å². The Morgan fingerprint density at radius 3 is 2.78 bits per heavy atom. The predicted molar refractivity (Wildman–Crippen MR) is 65.9 cm³/mol. The zero-order chi connectivity index (χ0) is 12.4. The largest absolute Gasteiger partial charge is 0.307 e. The smallest absolute Gasteiger partial charge is 0.146 e. The lowest BCUT2D eigenvalue weighted by Crippen LogP contribution is -2.18. The summed E-state index contributed by atoms with van der Waals surface area (Å²) in [5, 5.41) is 16.4. The summed E-state index contributed by atoms with van der Waals surface area (Å²) in [6, 6.07) is 10.1. The van der Waals surface area contributed by atoms with Gasteiger partial charge >= 0.3 is 0 Å². The van der Waals surface area contributed by atoms with E-state index in [0.29, 0.717) is 11.6 Å². The van der Waals surface area contributed by atoms with Crippen LogP contribution in [0.3, 0.4) is 0 Å². The van der Waals surface area contributed by atoms with Crippen LogP contribution in [0.1, 0.15) is 24.2 Å². The molecule has 1 aliphatic carbocycles. The SMILES string of the molecule is N#Cc1ccc(-n2ncnc2CNC2CC2)cc1. The van der Waals surface area contributed by atoms with Crippen molar-refractivity contribution in [2.75, 3.05) is 0 Å². The molecule has 0 spiro atoms. The van der Waals surface area contributed by atoms with E-state index in [4.69, 9.17) is 5.26 Å². The standard InChI is InChI=1S/C13H13N5/c14-7-10-1-5-12(6-2-10)18-13(16-9-17-18)8-15-11-3-4-11/h1-2,5-6,9,11,15H,3-4,8H2. The first kappa shape index (κ1) is 10.9. The topological polar surface area (TPSA) is 66.5 Å². The highest BCUT2D eigenvalue weighted by atomic mass is 15.3. The summed E-state index contributed by atoms with van der Waals surface area (Å²) in [6.45, 7) is 0.727. The van der Waals surface area contributed by atoms with Crippen LogP contribution < -0.4 is 5.32 Å². The third kappa shape index (κ3) is 2.24. The molecule has 0 bridgehead atoms. The van der Waals surface area contributed by atoms with Crippen molar-refractivity contribution in [2.45, 2.75) is 25.4 Å². The fourth-order valence-electron chi connectivity index (χ4n) is 1.80. The highest BCUT2D eigenvalue weighted by Gasteiger charge is 2.21. The van der Waals surface area contributed by atoms with Gasteiger partial charge in [-0.2, -0.15) is 10.4 Å². The van der Waals surface area contributed by atoms with Crippen LogP contribution in [-0.4, -0.2) is 20.8 Å². The van der Waals surface area contributed by atoms with Crippen LogP contribution >= 0.6 is 0 Å². The molecule has 3 rings (SSSR count). The minimum Gasteiger partial charge on any atom is -0.307 e. The van der Waals surface area contributed by atoms with Gasteiger partial charge in [0, 0.05) is 6.04 Å². The van der Waals surface area contributed by atoms with Crippen LogP contribution in [-0.2, 0) is 6.54 Å². The first-order chi connectivity index (χ1) is 8.86. The molecule has 0 saturated heterocycles. The highest BCUT2D eigenvalue weighted by molar-refractivity contribution is 5.39. The molecule has 1 fully saturated rings. The third-order valence-electron chi connectivity index (χ3n) is 2.99. The Morgan fingerprint density at radius 1 is 1.33 bits per heavy atom. The fourth-order valence-corrected chi connectivity index (χ4v) is 1.80. The second-order valence-corrected chi connectivity index (χ2v) is 4.40. The van der Waals surface area contributed by atoms with Gasteiger partial charge in [-0.1, -0.05) is 0 Å². The van der Waals surface area contributed by atoms with Crippen molar-refractivity contribution in [3.8, 4) is 11.8 Å². The Bertz CT molecular complexity index is 574. The first-order valence-corrected chi connectivity index (χ1v) is 5.99. The zero-order valence-corrected chi connectivity index (χ0v) is 9.87. The first-order valence-electron chi connectivity index (χ1n) is 5.99. The van der Waals surface area contributed by atoms with Crippen molar-refractivity contribution in [2.24, 2.45) is 0 Å². The van der Waals surface area contributed by atoms with E-state index >= 15 is 0 Å². The number of benzene rings is 1. The molecule has 0 amide bonds. The van der Waals surface area contributed by atoms with Gasteiger partial charge in [-0.25, -0.2) is 9.67 Å². The maximum absolute atomic E-state index is 8.77. The van der Waals surface area contributed by atoms with Crippen molar-refractivity contribution in [1.29, 1.82) is 5.26 Å². The van der Waals surface area contributed by atoms with Crippen LogP contribution in [0.5, 0.6) is 0 Å². The minimum atomic E-state index is 0.649. The molecule has 5 heteroatoms. The zero-order valence-electron chi connectivity index (χ0n) is 9.87. The summed E-state index contributed by atoms with van der Waals surface area (Å²) >= 11 is 0. The molecular weight excluding hydrogens is 226 g/mol. The second kappa shape index (κ2) is 4.59. The summed E-state index contributed by atoms with van der Waals surface area (Å²) in [4.78, 5) is 4.26. The van der Waals surface area contributed by atoms with E-state index in [9.17, 15) is 0 Å². The molecule has 0 aliphatic heterocycles. The van der Waals surface area contributed by atoms with E-state index < -0.39 is 0 Å². The average Bonchev–Trinajstić information content (AvgIpc) is 3.14. The lowest BCUT2D eigenvalue weighted by Gasteiger charge is -2.06. The molecule has 0 radical (unpaired) electrons. The van der Waals surface area contributed by atoms with E-state index in [-0.39, 0.29) is 0 Å². The summed E-state index contributed by atoms with van der Waals surface area (Å²) in [5.74, 6) is 0.895. The normalized spacial score (nSPS) is 14.4. The molecule has 18 heavy (non-hydrogen) atoms. The van der Waals surface area contributed by atoms with Crippen LogP contribution in [0, 0.1) is 11.3 Å². The van der Waals surface area contributed by atoms with Gasteiger partial charge in [0.15, 0.2) is 0 Å². The van der Waals surface area contributed by atoms with Gasteiger partial charge < -0.3 is 5.32 Å². The molecule has 1 saturated carbocycles. The van der Waals surface area contributed by atoms with E-state index in [1.54, 1.807) is 23.1 Å². The number of aromatic nitrogens is 3. The third-order valence-corrected chi connectivity index (χ3v) is 2.99. The number of hydrogen-bond donors (Lipinski definition) is 1. The van der Waals surface area contributed by atoms with Gasteiger partial charge in [0.25, 0.3) is 0 Å². The molecule has 2 aromatic rings. The van der Waals surface area contributed by atoms with Crippen LogP contribution in [0.25, 0.3) is 5.69 Å². The average molecular weight is 239 g/mol. The Hall–Kier alpha value is -2.19. The van der Waals surface area contributed by atoms with Crippen LogP contribution in [0.15, 0.2) is 30.6 Å².